The van der Waals surface area contributed by atoms with Gasteiger partial charge in [-0.2, -0.15) is 0 Å². The van der Waals surface area contributed by atoms with Crippen LogP contribution in [0.5, 0.6) is 11.5 Å². The van der Waals surface area contributed by atoms with Gasteiger partial charge in [-0.1, -0.05) is 36.4 Å². The summed E-state index contributed by atoms with van der Waals surface area (Å²) in [4.78, 5) is 21.2. The summed E-state index contributed by atoms with van der Waals surface area (Å²) in [6.45, 7) is 2.12. The summed E-state index contributed by atoms with van der Waals surface area (Å²) in [7, 11) is 0. The van der Waals surface area contributed by atoms with E-state index in [1.54, 1.807) is 49.4 Å². The van der Waals surface area contributed by atoms with E-state index in [0.29, 0.717) is 17.7 Å². The smallest absolute Gasteiger partial charge is 0.310 e. The Morgan fingerprint density at radius 1 is 0.875 bits per heavy atom. The van der Waals surface area contributed by atoms with Gasteiger partial charge in [0.1, 0.15) is 11.5 Å². The third kappa shape index (κ3) is 6.83. The number of carboxylic acids is 1. The van der Waals surface area contributed by atoms with E-state index in [4.69, 9.17) is 14.9 Å². The van der Waals surface area contributed by atoms with Gasteiger partial charge in [0, 0.05) is 11.1 Å². The number of carbonyl (C=O) groups is 2. The second kappa shape index (κ2) is 9.89. The Balaban J connectivity index is 0.000000243. The molecular formula is C18H20O6. The molecule has 0 fully saturated rings. The molecule has 128 valence electrons. The first-order valence-corrected chi connectivity index (χ1v) is 7.35. The minimum Gasteiger partial charge on any atom is -0.508 e. The first-order chi connectivity index (χ1) is 11.4. The minimum atomic E-state index is -0.938. The van der Waals surface area contributed by atoms with Crippen LogP contribution in [0.3, 0.4) is 0 Å². The van der Waals surface area contributed by atoms with Crippen LogP contribution in [-0.2, 0) is 27.2 Å². The van der Waals surface area contributed by atoms with E-state index in [9.17, 15) is 14.7 Å². The quantitative estimate of drug-likeness (QED) is 0.727. The molecule has 0 spiro atoms. The molecule has 0 aliphatic carbocycles. The topological polar surface area (TPSA) is 104 Å². The lowest BCUT2D eigenvalue weighted by Gasteiger charge is -2.03. The summed E-state index contributed by atoms with van der Waals surface area (Å²) < 4.78 is 4.75. The SMILES string of the molecule is CCOC(=O)Cc1ccccc1O.O=C(O)Cc1ccccc1O. The highest BCUT2D eigenvalue weighted by molar-refractivity contribution is 5.73. The molecule has 0 atom stereocenters. The van der Waals surface area contributed by atoms with Crippen LogP contribution in [0, 0.1) is 0 Å². The molecule has 0 unspecified atom stereocenters. The van der Waals surface area contributed by atoms with Crippen molar-refractivity contribution in [1.29, 1.82) is 0 Å². The molecule has 0 aliphatic heterocycles. The molecule has 24 heavy (non-hydrogen) atoms. The predicted octanol–water partition coefficient (Wildman–Crippen LogP) is 2.52. The predicted molar refractivity (Wildman–Crippen MR) is 87.9 cm³/mol. The number of hydrogen-bond donors (Lipinski definition) is 3. The standard InChI is InChI=1S/C10H12O3.C8H8O3/c1-2-13-10(12)7-8-5-3-4-6-9(8)11;9-7-4-2-1-3-6(7)5-8(10)11/h3-6,11H,2,7H2,1H3;1-4,9H,5H2,(H,10,11). The molecule has 6 nitrogen and oxygen atoms in total. The Bertz CT molecular complexity index is 681. The van der Waals surface area contributed by atoms with Crippen LogP contribution < -0.4 is 0 Å². The molecule has 0 heterocycles. The van der Waals surface area contributed by atoms with Crippen molar-refractivity contribution in [1.82, 2.24) is 0 Å². The van der Waals surface area contributed by atoms with Crippen molar-refractivity contribution < 1.29 is 29.6 Å². The number of benzene rings is 2. The van der Waals surface area contributed by atoms with E-state index in [2.05, 4.69) is 0 Å². The van der Waals surface area contributed by atoms with E-state index in [1.165, 1.54) is 6.07 Å². The van der Waals surface area contributed by atoms with E-state index in [1.807, 2.05) is 0 Å². The second-order valence-electron chi connectivity index (χ2n) is 4.81. The number of aromatic hydroxyl groups is 2. The molecule has 0 amide bonds. The van der Waals surface area contributed by atoms with Gasteiger partial charge in [-0.3, -0.25) is 9.59 Å². The van der Waals surface area contributed by atoms with Crippen molar-refractivity contribution in [2.45, 2.75) is 19.8 Å². The number of phenols is 2. The second-order valence-corrected chi connectivity index (χ2v) is 4.81. The van der Waals surface area contributed by atoms with Crippen LogP contribution in [0.1, 0.15) is 18.1 Å². The Morgan fingerprint density at radius 2 is 1.33 bits per heavy atom. The Hall–Kier alpha value is -3.02. The maximum Gasteiger partial charge on any atom is 0.310 e. The van der Waals surface area contributed by atoms with Gasteiger partial charge in [0.15, 0.2) is 0 Å². The number of ether oxygens (including phenoxy) is 1. The zero-order chi connectivity index (χ0) is 17.9. The van der Waals surface area contributed by atoms with Crippen molar-refractivity contribution in [3.05, 3.63) is 59.7 Å². The van der Waals surface area contributed by atoms with Crippen LogP contribution in [-0.4, -0.2) is 33.9 Å². The van der Waals surface area contributed by atoms with Crippen LogP contribution in [0.15, 0.2) is 48.5 Å². The van der Waals surface area contributed by atoms with Crippen LogP contribution >= 0.6 is 0 Å². The lowest BCUT2D eigenvalue weighted by molar-refractivity contribution is -0.142. The molecule has 0 saturated carbocycles. The molecule has 0 saturated heterocycles. The fourth-order valence-electron chi connectivity index (χ4n) is 1.85. The lowest BCUT2D eigenvalue weighted by Crippen LogP contribution is -2.07. The summed E-state index contributed by atoms with van der Waals surface area (Å²) in [5, 5.41) is 26.8. The number of aliphatic carboxylic acids is 1. The summed E-state index contributed by atoms with van der Waals surface area (Å²) in [6.07, 6.45) is -0.00676. The van der Waals surface area contributed by atoms with Crippen molar-refractivity contribution in [2.75, 3.05) is 6.61 Å². The summed E-state index contributed by atoms with van der Waals surface area (Å²) in [6, 6.07) is 13.1. The molecule has 3 N–H and O–H groups in total. The first-order valence-electron chi connectivity index (χ1n) is 7.35. The zero-order valence-electron chi connectivity index (χ0n) is 13.3. The molecule has 2 aromatic rings. The van der Waals surface area contributed by atoms with Gasteiger partial charge in [0.05, 0.1) is 19.4 Å². The first kappa shape index (κ1) is 19.0. The van der Waals surface area contributed by atoms with Gasteiger partial charge < -0.3 is 20.1 Å². The van der Waals surface area contributed by atoms with Gasteiger partial charge in [0.25, 0.3) is 0 Å². The van der Waals surface area contributed by atoms with E-state index in [0.717, 1.165) is 0 Å². The highest BCUT2D eigenvalue weighted by Gasteiger charge is 2.06. The Morgan fingerprint density at radius 3 is 1.75 bits per heavy atom. The molecule has 0 aromatic heterocycles. The molecule has 2 aromatic carbocycles. The van der Waals surface area contributed by atoms with Crippen molar-refractivity contribution in [2.24, 2.45) is 0 Å². The maximum atomic E-state index is 11.0. The van der Waals surface area contributed by atoms with Crippen LogP contribution in [0.4, 0.5) is 0 Å². The van der Waals surface area contributed by atoms with E-state index in [-0.39, 0.29) is 30.3 Å². The number of rotatable bonds is 5. The average molecular weight is 332 g/mol. The average Bonchev–Trinajstić information content (AvgIpc) is 2.52. The van der Waals surface area contributed by atoms with Gasteiger partial charge in [-0.25, -0.2) is 0 Å². The number of esters is 1. The fraction of sp³-hybridized carbons (Fsp3) is 0.222. The Labute approximate surface area is 140 Å². The molecule has 0 bridgehead atoms. The number of carbonyl (C=O) groups excluding carboxylic acids is 1. The van der Waals surface area contributed by atoms with Crippen LogP contribution in [0.25, 0.3) is 0 Å². The summed E-state index contributed by atoms with van der Waals surface area (Å²) in [5.41, 5.74) is 1.04. The van der Waals surface area contributed by atoms with Gasteiger partial charge >= 0.3 is 11.9 Å². The minimum absolute atomic E-state index is 0.0369. The fourth-order valence-corrected chi connectivity index (χ4v) is 1.85. The summed E-state index contributed by atoms with van der Waals surface area (Å²) in [5.74, 6) is -1.08. The monoisotopic (exact) mass is 332 g/mol. The third-order valence-electron chi connectivity index (χ3n) is 2.97. The molecular weight excluding hydrogens is 312 g/mol. The Kier molecular flexibility index (Phi) is 7.84. The van der Waals surface area contributed by atoms with Crippen LogP contribution in [0.2, 0.25) is 0 Å². The molecule has 0 aliphatic rings. The molecule has 0 radical (unpaired) electrons. The lowest BCUT2D eigenvalue weighted by atomic mass is 10.1. The van der Waals surface area contributed by atoms with Crippen molar-refractivity contribution in [3.63, 3.8) is 0 Å². The third-order valence-corrected chi connectivity index (χ3v) is 2.97. The zero-order valence-corrected chi connectivity index (χ0v) is 13.3. The van der Waals surface area contributed by atoms with Crippen molar-refractivity contribution in [3.8, 4) is 11.5 Å². The van der Waals surface area contributed by atoms with E-state index >= 15 is 0 Å². The highest BCUT2D eigenvalue weighted by atomic mass is 16.5. The number of hydrogen-bond acceptors (Lipinski definition) is 5. The van der Waals surface area contributed by atoms with E-state index < -0.39 is 5.97 Å². The normalized spacial score (nSPS) is 9.54. The summed E-state index contributed by atoms with van der Waals surface area (Å²) >= 11 is 0. The van der Waals surface area contributed by atoms with Gasteiger partial charge in [-0.05, 0) is 19.1 Å². The van der Waals surface area contributed by atoms with Gasteiger partial charge in [-0.15, -0.1) is 0 Å². The number of phenolic OH excluding ortho intramolecular Hbond substituents is 2. The molecule has 2 rings (SSSR count). The molecule has 6 heteroatoms. The maximum absolute atomic E-state index is 11.0. The van der Waals surface area contributed by atoms with Gasteiger partial charge in [0.2, 0.25) is 0 Å². The number of para-hydroxylation sites is 2. The highest BCUT2D eigenvalue weighted by Crippen LogP contribution is 2.16. The van der Waals surface area contributed by atoms with Crippen molar-refractivity contribution >= 4 is 11.9 Å². The number of carboxylic acid groups (broad SMARTS) is 1. The largest absolute Gasteiger partial charge is 0.508 e.